The standard InChI is InChI=1S/C19H20N4O3/c1-25-18-10-12(6-9-17(18)26-14-4-2-3-5-14)19(24)20-13-7-8-15-16(11-13)22-23-21-15/h6-11,14H,2-5H2,1H3,(H,20,24)(H,21,22,23). The van der Waals surface area contributed by atoms with Crippen LogP contribution in [0.2, 0.25) is 0 Å². The predicted octanol–water partition coefficient (Wildman–Crippen LogP) is 3.54. The summed E-state index contributed by atoms with van der Waals surface area (Å²) in [4.78, 5) is 12.6. The highest BCUT2D eigenvalue weighted by Crippen LogP contribution is 2.32. The minimum atomic E-state index is -0.224. The number of amides is 1. The number of fused-ring (bicyclic) bond motifs is 1. The van der Waals surface area contributed by atoms with Crippen LogP contribution < -0.4 is 14.8 Å². The fourth-order valence-corrected chi connectivity index (χ4v) is 3.21. The van der Waals surface area contributed by atoms with Gasteiger partial charge in [0.25, 0.3) is 5.91 Å². The lowest BCUT2D eigenvalue weighted by molar-refractivity contribution is 0.102. The number of methoxy groups -OCH3 is 1. The van der Waals surface area contributed by atoms with Crippen molar-refractivity contribution in [2.75, 3.05) is 12.4 Å². The summed E-state index contributed by atoms with van der Waals surface area (Å²) in [6.45, 7) is 0. The van der Waals surface area contributed by atoms with Crippen LogP contribution in [0, 0.1) is 0 Å². The lowest BCUT2D eigenvalue weighted by atomic mass is 10.1. The molecular formula is C19H20N4O3. The molecule has 1 heterocycles. The average molecular weight is 352 g/mol. The first-order valence-electron chi connectivity index (χ1n) is 8.69. The van der Waals surface area contributed by atoms with E-state index in [1.165, 1.54) is 12.8 Å². The molecule has 134 valence electrons. The van der Waals surface area contributed by atoms with Crippen molar-refractivity contribution in [3.8, 4) is 11.5 Å². The molecule has 0 atom stereocenters. The summed E-state index contributed by atoms with van der Waals surface area (Å²) in [5.74, 6) is 1.02. The van der Waals surface area contributed by atoms with Gasteiger partial charge in [0, 0.05) is 11.3 Å². The van der Waals surface area contributed by atoms with Crippen LogP contribution in [0.15, 0.2) is 36.4 Å². The van der Waals surface area contributed by atoms with Crippen LogP contribution in [0.4, 0.5) is 5.69 Å². The van der Waals surface area contributed by atoms with Crippen molar-refractivity contribution < 1.29 is 14.3 Å². The fraction of sp³-hybridized carbons (Fsp3) is 0.316. The lowest BCUT2D eigenvalue weighted by Crippen LogP contribution is -2.14. The maximum Gasteiger partial charge on any atom is 0.255 e. The number of hydrogen-bond acceptors (Lipinski definition) is 5. The number of carbonyl (C=O) groups is 1. The van der Waals surface area contributed by atoms with Crippen molar-refractivity contribution in [3.63, 3.8) is 0 Å². The molecule has 1 aliphatic rings. The Morgan fingerprint density at radius 1 is 1.08 bits per heavy atom. The van der Waals surface area contributed by atoms with E-state index in [0.29, 0.717) is 28.3 Å². The Morgan fingerprint density at radius 3 is 2.69 bits per heavy atom. The zero-order chi connectivity index (χ0) is 17.9. The Kier molecular flexibility index (Phi) is 4.43. The second-order valence-corrected chi connectivity index (χ2v) is 6.37. The molecule has 0 saturated heterocycles. The van der Waals surface area contributed by atoms with E-state index in [4.69, 9.17) is 9.47 Å². The molecule has 26 heavy (non-hydrogen) atoms. The van der Waals surface area contributed by atoms with E-state index < -0.39 is 0 Å². The molecular weight excluding hydrogens is 332 g/mol. The molecule has 2 N–H and O–H groups in total. The summed E-state index contributed by atoms with van der Waals surface area (Å²) in [6, 6.07) is 10.6. The van der Waals surface area contributed by atoms with Crippen LogP contribution in [-0.4, -0.2) is 34.5 Å². The summed E-state index contributed by atoms with van der Waals surface area (Å²) in [7, 11) is 1.58. The summed E-state index contributed by atoms with van der Waals surface area (Å²) in [5, 5.41) is 13.4. The van der Waals surface area contributed by atoms with Gasteiger partial charge >= 0.3 is 0 Å². The second-order valence-electron chi connectivity index (χ2n) is 6.37. The van der Waals surface area contributed by atoms with Crippen molar-refractivity contribution in [1.82, 2.24) is 15.4 Å². The maximum absolute atomic E-state index is 12.6. The van der Waals surface area contributed by atoms with Crippen molar-refractivity contribution in [3.05, 3.63) is 42.0 Å². The maximum atomic E-state index is 12.6. The van der Waals surface area contributed by atoms with Gasteiger partial charge in [-0.15, -0.1) is 0 Å². The summed E-state index contributed by atoms with van der Waals surface area (Å²) in [6.07, 6.45) is 4.76. The molecule has 1 fully saturated rings. The van der Waals surface area contributed by atoms with Crippen molar-refractivity contribution in [1.29, 1.82) is 0 Å². The number of ether oxygens (including phenoxy) is 2. The molecule has 0 spiro atoms. The van der Waals surface area contributed by atoms with Gasteiger partial charge in [-0.1, -0.05) is 0 Å². The van der Waals surface area contributed by atoms with Crippen LogP contribution in [0.5, 0.6) is 11.5 Å². The molecule has 2 aromatic carbocycles. The van der Waals surface area contributed by atoms with E-state index in [-0.39, 0.29) is 12.0 Å². The summed E-state index contributed by atoms with van der Waals surface area (Å²) >= 11 is 0. The topological polar surface area (TPSA) is 89.1 Å². The number of benzene rings is 2. The molecule has 0 bridgehead atoms. The first-order valence-corrected chi connectivity index (χ1v) is 8.69. The molecule has 7 heteroatoms. The zero-order valence-electron chi connectivity index (χ0n) is 14.5. The zero-order valence-corrected chi connectivity index (χ0v) is 14.5. The lowest BCUT2D eigenvalue weighted by Gasteiger charge is -2.16. The van der Waals surface area contributed by atoms with Gasteiger partial charge in [-0.05, 0) is 62.1 Å². The Morgan fingerprint density at radius 2 is 1.88 bits per heavy atom. The SMILES string of the molecule is COc1cc(C(=O)Nc2ccc3n[nH]nc3c2)ccc1OC1CCCC1. The number of H-pyrrole nitrogens is 1. The number of anilines is 1. The van der Waals surface area contributed by atoms with Gasteiger partial charge in [0.1, 0.15) is 11.0 Å². The van der Waals surface area contributed by atoms with Crippen molar-refractivity contribution in [2.45, 2.75) is 31.8 Å². The van der Waals surface area contributed by atoms with Crippen LogP contribution in [-0.2, 0) is 0 Å². The largest absolute Gasteiger partial charge is 0.493 e. The number of hydrogen-bond donors (Lipinski definition) is 2. The minimum Gasteiger partial charge on any atom is -0.493 e. The van der Waals surface area contributed by atoms with E-state index >= 15 is 0 Å². The number of aromatic nitrogens is 3. The molecule has 1 saturated carbocycles. The smallest absolute Gasteiger partial charge is 0.255 e. The Hall–Kier alpha value is -3.09. The molecule has 1 aromatic heterocycles. The van der Waals surface area contributed by atoms with Gasteiger partial charge in [-0.3, -0.25) is 4.79 Å². The highest BCUT2D eigenvalue weighted by Gasteiger charge is 2.19. The predicted molar refractivity (Wildman–Crippen MR) is 97.7 cm³/mol. The van der Waals surface area contributed by atoms with Crippen LogP contribution in [0.25, 0.3) is 11.0 Å². The van der Waals surface area contributed by atoms with Gasteiger partial charge in [0.15, 0.2) is 11.5 Å². The minimum absolute atomic E-state index is 0.224. The Balaban J connectivity index is 1.51. The second kappa shape index (κ2) is 7.03. The molecule has 0 radical (unpaired) electrons. The molecule has 1 aliphatic carbocycles. The Bertz CT molecular complexity index is 931. The molecule has 3 aromatic rings. The molecule has 0 unspecified atom stereocenters. The number of nitrogens with one attached hydrogen (secondary N) is 2. The average Bonchev–Trinajstić information content (AvgIpc) is 3.33. The van der Waals surface area contributed by atoms with E-state index in [1.807, 2.05) is 0 Å². The summed E-state index contributed by atoms with van der Waals surface area (Å²) in [5.41, 5.74) is 2.60. The van der Waals surface area contributed by atoms with Gasteiger partial charge in [-0.25, -0.2) is 0 Å². The van der Waals surface area contributed by atoms with Gasteiger partial charge in [0.05, 0.1) is 13.2 Å². The van der Waals surface area contributed by atoms with Crippen molar-refractivity contribution >= 4 is 22.6 Å². The third-order valence-corrected chi connectivity index (χ3v) is 4.60. The number of aromatic amines is 1. The number of carbonyl (C=O) groups excluding carboxylic acids is 1. The van der Waals surface area contributed by atoms with Crippen molar-refractivity contribution in [2.24, 2.45) is 0 Å². The van der Waals surface area contributed by atoms with Gasteiger partial charge < -0.3 is 14.8 Å². The number of nitrogens with zero attached hydrogens (tertiary/aromatic N) is 2. The van der Waals surface area contributed by atoms with E-state index in [9.17, 15) is 4.79 Å². The van der Waals surface area contributed by atoms with Crippen LogP contribution >= 0.6 is 0 Å². The van der Waals surface area contributed by atoms with E-state index in [2.05, 4.69) is 20.7 Å². The molecule has 4 rings (SSSR count). The fourth-order valence-electron chi connectivity index (χ4n) is 3.21. The monoisotopic (exact) mass is 352 g/mol. The highest BCUT2D eigenvalue weighted by molar-refractivity contribution is 6.05. The quantitative estimate of drug-likeness (QED) is 0.733. The third-order valence-electron chi connectivity index (χ3n) is 4.60. The normalized spacial score (nSPS) is 14.5. The third kappa shape index (κ3) is 3.33. The first kappa shape index (κ1) is 16.4. The molecule has 7 nitrogen and oxygen atoms in total. The molecule has 0 aliphatic heterocycles. The Labute approximate surface area is 150 Å². The van der Waals surface area contributed by atoms with Crippen LogP contribution in [0.1, 0.15) is 36.0 Å². The highest BCUT2D eigenvalue weighted by atomic mass is 16.5. The van der Waals surface area contributed by atoms with Gasteiger partial charge in [0.2, 0.25) is 0 Å². The van der Waals surface area contributed by atoms with Crippen LogP contribution in [0.3, 0.4) is 0 Å². The summed E-state index contributed by atoms with van der Waals surface area (Å²) < 4.78 is 11.4. The first-order chi connectivity index (χ1) is 12.7. The van der Waals surface area contributed by atoms with E-state index in [1.54, 1.807) is 43.5 Å². The number of rotatable bonds is 5. The van der Waals surface area contributed by atoms with E-state index in [0.717, 1.165) is 18.4 Å². The van der Waals surface area contributed by atoms with Gasteiger partial charge in [-0.2, -0.15) is 15.4 Å². The molecule has 1 amide bonds.